The van der Waals surface area contributed by atoms with Crippen molar-refractivity contribution in [3.8, 4) is 22.9 Å². The summed E-state index contributed by atoms with van der Waals surface area (Å²) in [5.74, 6) is -0.0530. The molecule has 25 heavy (non-hydrogen) atoms. The van der Waals surface area contributed by atoms with Crippen LogP contribution in [0.2, 0.25) is 5.02 Å². The number of hydrogen-bond acceptors (Lipinski definition) is 7. The molecule has 9 heteroatoms. The summed E-state index contributed by atoms with van der Waals surface area (Å²) in [5, 5.41) is 13.5. The third-order valence-electron chi connectivity index (χ3n) is 3.19. The van der Waals surface area contributed by atoms with E-state index in [0.717, 1.165) is 5.56 Å². The number of methoxy groups -OCH3 is 1. The second kappa shape index (κ2) is 7.18. The molecule has 2 heterocycles. The highest BCUT2D eigenvalue weighted by Gasteiger charge is 2.14. The molecule has 3 rings (SSSR count). The summed E-state index contributed by atoms with van der Waals surface area (Å²) in [6.07, 6.45) is 1.27. The fraction of sp³-hybridized carbons (Fsp3) is 0.125. The predicted molar refractivity (Wildman–Crippen MR) is 86.8 cm³/mol. The van der Waals surface area contributed by atoms with Crippen LogP contribution in [-0.2, 0) is 6.61 Å². The van der Waals surface area contributed by atoms with Gasteiger partial charge in [0, 0.05) is 16.7 Å². The first-order valence-electron chi connectivity index (χ1n) is 7.05. The van der Waals surface area contributed by atoms with Gasteiger partial charge < -0.3 is 19.1 Å². The highest BCUT2D eigenvalue weighted by atomic mass is 35.5. The third-order valence-corrected chi connectivity index (χ3v) is 3.44. The number of halogens is 1. The van der Waals surface area contributed by atoms with Crippen LogP contribution in [0.25, 0.3) is 11.4 Å². The van der Waals surface area contributed by atoms with E-state index < -0.39 is 5.97 Å². The van der Waals surface area contributed by atoms with Gasteiger partial charge in [-0.1, -0.05) is 16.8 Å². The normalized spacial score (nSPS) is 10.5. The Hall–Kier alpha value is -3.13. The van der Waals surface area contributed by atoms with E-state index in [0.29, 0.717) is 16.6 Å². The van der Waals surface area contributed by atoms with Crippen LogP contribution in [0.15, 0.2) is 41.1 Å². The molecule has 0 bridgehead atoms. The molecule has 1 N–H and O–H groups in total. The number of aromatic carboxylic acids is 1. The molecular formula is C16H12ClN3O5. The highest BCUT2D eigenvalue weighted by Crippen LogP contribution is 2.27. The molecule has 128 valence electrons. The zero-order valence-corrected chi connectivity index (χ0v) is 13.7. The number of carbonyl (C=O) groups is 1. The molecule has 0 amide bonds. The number of rotatable bonds is 6. The van der Waals surface area contributed by atoms with Gasteiger partial charge in [-0.2, -0.15) is 4.98 Å². The van der Waals surface area contributed by atoms with Crippen LogP contribution in [0.5, 0.6) is 11.5 Å². The van der Waals surface area contributed by atoms with Crippen molar-refractivity contribution in [2.75, 3.05) is 7.11 Å². The highest BCUT2D eigenvalue weighted by molar-refractivity contribution is 6.30. The van der Waals surface area contributed by atoms with Gasteiger partial charge in [0.25, 0.3) is 5.89 Å². The summed E-state index contributed by atoms with van der Waals surface area (Å²) in [5.41, 5.74) is 0.581. The average molecular weight is 362 g/mol. The Kier molecular flexibility index (Phi) is 4.80. The second-order valence-corrected chi connectivity index (χ2v) is 5.27. The smallest absolute Gasteiger partial charge is 0.354 e. The van der Waals surface area contributed by atoms with Crippen LogP contribution in [0.1, 0.15) is 16.4 Å². The van der Waals surface area contributed by atoms with E-state index >= 15 is 0 Å². The minimum absolute atomic E-state index is 0.0555. The lowest BCUT2D eigenvalue weighted by molar-refractivity contribution is 0.0689. The lowest BCUT2D eigenvalue weighted by Gasteiger charge is -2.08. The van der Waals surface area contributed by atoms with Gasteiger partial charge in [0.05, 0.1) is 13.3 Å². The van der Waals surface area contributed by atoms with Crippen molar-refractivity contribution >= 4 is 17.6 Å². The number of nitrogens with zero attached hydrogens (tertiary/aromatic N) is 3. The molecular weight excluding hydrogens is 350 g/mol. The monoisotopic (exact) mass is 361 g/mol. The van der Waals surface area contributed by atoms with Gasteiger partial charge in [-0.25, -0.2) is 9.78 Å². The molecule has 0 unspecified atom stereocenters. The Balaban J connectivity index is 1.75. The minimum Gasteiger partial charge on any atom is -0.491 e. The maximum Gasteiger partial charge on any atom is 0.354 e. The largest absolute Gasteiger partial charge is 0.491 e. The van der Waals surface area contributed by atoms with E-state index in [9.17, 15) is 4.79 Å². The van der Waals surface area contributed by atoms with Crippen molar-refractivity contribution < 1.29 is 23.9 Å². The quantitative estimate of drug-likeness (QED) is 0.713. The van der Waals surface area contributed by atoms with Crippen LogP contribution in [0.3, 0.4) is 0 Å². The van der Waals surface area contributed by atoms with Crippen molar-refractivity contribution in [2.45, 2.75) is 6.61 Å². The summed E-state index contributed by atoms with van der Waals surface area (Å²) in [6, 6.07) is 8.24. The first-order valence-corrected chi connectivity index (χ1v) is 7.43. The molecule has 0 fully saturated rings. The van der Waals surface area contributed by atoms with Crippen molar-refractivity contribution in [1.29, 1.82) is 0 Å². The number of pyridine rings is 1. The fourth-order valence-corrected chi connectivity index (χ4v) is 2.10. The third kappa shape index (κ3) is 3.86. The van der Waals surface area contributed by atoms with Gasteiger partial charge >= 0.3 is 5.97 Å². The van der Waals surface area contributed by atoms with Gasteiger partial charge in [-0.05, 0) is 24.3 Å². The van der Waals surface area contributed by atoms with Crippen LogP contribution in [-0.4, -0.2) is 33.3 Å². The Morgan fingerprint density at radius 3 is 2.72 bits per heavy atom. The summed E-state index contributed by atoms with van der Waals surface area (Å²) >= 11 is 5.84. The maximum atomic E-state index is 11.0. The standard InChI is InChI=1S/C16H12ClN3O5/c1-23-13-7-18-11(16(21)22)6-12(13)24-8-14-19-15(20-25-14)9-2-4-10(17)5-3-9/h2-7H,8H2,1H3,(H,21,22). The molecule has 3 aromatic rings. The topological polar surface area (TPSA) is 108 Å². The zero-order chi connectivity index (χ0) is 17.8. The molecule has 0 aliphatic heterocycles. The van der Waals surface area contributed by atoms with E-state index in [1.54, 1.807) is 24.3 Å². The van der Waals surface area contributed by atoms with Crippen molar-refractivity contribution in [2.24, 2.45) is 0 Å². The molecule has 0 spiro atoms. The number of aromatic nitrogens is 3. The summed E-state index contributed by atoms with van der Waals surface area (Å²) < 4.78 is 15.8. The molecule has 0 saturated carbocycles. The van der Waals surface area contributed by atoms with Crippen molar-refractivity contribution in [1.82, 2.24) is 15.1 Å². The first-order chi connectivity index (χ1) is 12.1. The number of ether oxygens (including phenoxy) is 2. The zero-order valence-electron chi connectivity index (χ0n) is 13.0. The van der Waals surface area contributed by atoms with Gasteiger partial charge in [-0.3, -0.25) is 0 Å². The lowest BCUT2D eigenvalue weighted by Crippen LogP contribution is -2.04. The maximum absolute atomic E-state index is 11.0. The van der Waals surface area contributed by atoms with E-state index in [2.05, 4.69) is 15.1 Å². The van der Waals surface area contributed by atoms with Gasteiger partial charge in [0.15, 0.2) is 23.8 Å². The molecule has 1 aromatic carbocycles. The van der Waals surface area contributed by atoms with Gasteiger partial charge in [0.2, 0.25) is 5.82 Å². The minimum atomic E-state index is -1.17. The van der Waals surface area contributed by atoms with E-state index in [4.69, 9.17) is 30.7 Å². The van der Waals surface area contributed by atoms with E-state index in [-0.39, 0.29) is 23.9 Å². The van der Waals surface area contributed by atoms with Crippen molar-refractivity contribution in [3.63, 3.8) is 0 Å². The second-order valence-electron chi connectivity index (χ2n) is 4.83. The van der Waals surface area contributed by atoms with Gasteiger partial charge in [-0.15, -0.1) is 0 Å². The molecule has 0 aliphatic carbocycles. The first kappa shape index (κ1) is 16.7. The van der Waals surface area contributed by atoms with Crippen LogP contribution < -0.4 is 9.47 Å². The van der Waals surface area contributed by atoms with Crippen LogP contribution in [0, 0.1) is 0 Å². The number of carboxylic acid groups (broad SMARTS) is 1. The Morgan fingerprint density at radius 1 is 1.28 bits per heavy atom. The summed E-state index contributed by atoms with van der Waals surface area (Å²) in [7, 11) is 1.43. The molecule has 0 aliphatic rings. The Bertz CT molecular complexity index is 895. The van der Waals surface area contributed by atoms with E-state index in [1.807, 2.05) is 0 Å². The average Bonchev–Trinajstić information content (AvgIpc) is 3.09. The number of carboxylic acids is 1. The van der Waals surface area contributed by atoms with Gasteiger partial charge in [0.1, 0.15) is 0 Å². The molecule has 0 radical (unpaired) electrons. The summed E-state index contributed by atoms with van der Waals surface area (Å²) in [6.45, 7) is -0.0555. The lowest BCUT2D eigenvalue weighted by atomic mass is 10.2. The Morgan fingerprint density at radius 2 is 2.04 bits per heavy atom. The molecule has 2 aromatic heterocycles. The van der Waals surface area contributed by atoms with Crippen LogP contribution >= 0.6 is 11.6 Å². The number of benzene rings is 1. The molecule has 8 nitrogen and oxygen atoms in total. The number of hydrogen-bond donors (Lipinski definition) is 1. The van der Waals surface area contributed by atoms with Crippen LogP contribution in [0.4, 0.5) is 0 Å². The molecule has 0 atom stereocenters. The SMILES string of the molecule is COc1cnc(C(=O)O)cc1OCc1nc(-c2ccc(Cl)cc2)no1. The fourth-order valence-electron chi connectivity index (χ4n) is 1.98. The Labute approximate surface area is 147 Å². The van der Waals surface area contributed by atoms with E-state index in [1.165, 1.54) is 19.4 Å². The molecule has 0 saturated heterocycles. The van der Waals surface area contributed by atoms with Crippen molar-refractivity contribution in [3.05, 3.63) is 53.1 Å². The summed E-state index contributed by atoms with van der Waals surface area (Å²) in [4.78, 5) is 19.0. The predicted octanol–water partition coefficient (Wildman–Crippen LogP) is 3.07.